The van der Waals surface area contributed by atoms with Crippen LogP contribution < -0.4 is 15.1 Å². The predicted octanol–water partition coefficient (Wildman–Crippen LogP) is 4.19. The fourth-order valence-corrected chi connectivity index (χ4v) is 3.62. The zero-order valence-electron chi connectivity index (χ0n) is 17.1. The second-order valence-electron chi connectivity index (χ2n) is 6.72. The molecule has 0 unspecified atom stereocenters. The van der Waals surface area contributed by atoms with E-state index in [4.69, 9.17) is 18.3 Å². The molecule has 8 nitrogen and oxygen atoms in total. The summed E-state index contributed by atoms with van der Waals surface area (Å²) in [6.07, 6.45) is 0. The number of Topliss-reactive ketones (excluding diaryl/α,β-unsaturated/α-hetero) is 1. The summed E-state index contributed by atoms with van der Waals surface area (Å²) < 4.78 is 34.9. The molecule has 10 heteroatoms. The molecule has 0 saturated heterocycles. The molecule has 0 atom stereocenters. The maximum Gasteiger partial charge on any atom is 0.336 e. The van der Waals surface area contributed by atoms with E-state index in [9.17, 15) is 14.0 Å². The average molecular weight is 456 g/mol. The molecule has 0 aliphatic rings. The standard InChI is InChI=1S/C22H17FN2O6S/c1-12-7-21(27)30-19-9-14(4-5-15(12)19)29-10-20-24-25-22(31-20)32-11-17(26)13-3-6-18(28-2)16(23)8-13/h3-9H,10-11H2,1-2H3. The first-order chi connectivity index (χ1) is 15.4. The summed E-state index contributed by atoms with van der Waals surface area (Å²) in [6, 6.07) is 10.6. The van der Waals surface area contributed by atoms with Gasteiger partial charge in [0.2, 0.25) is 0 Å². The van der Waals surface area contributed by atoms with Gasteiger partial charge >= 0.3 is 5.63 Å². The van der Waals surface area contributed by atoms with Crippen LogP contribution in [-0.4, -0.2) is 28.8 Å². The first-order valence-corrected chi connectivity index (χ1v) is 10.4. The monoisotopic (exact) mass is 456 g/mol. The van der Waals surface area contributed by atoms with Gasteiger partial charge in [0.15, 0.2) is 24.0 Å². The quantitative estimate of drug-likeness (QED) is 0.219. The fourth-order valence-electron chi connectivity index (χ4n) is 2.95. The van der Waals surface area contributed by atoms with Crippen molar-refractivity contribution in [2.24, 2.45) is 0 Å². The number of aromatic nitrogens is 2. The molecule has 0 saturated carbocycles. The third-order valence-electron chi connectivity index (χ3n) is 4.53. The molecule has 4 rings (SSSR count). The van der Waals surface area contributed by atoms with E-state index in [1.807, 2.05) is 6.92 Å². The lowest BCUT2D eigenvalue weighted by Crippen LogP contribution is -2.03. The van der Waals surface area contributed by atoms with E-state index in [-0.39, 0.29) is 40.6 Å². The van der Waals surface area contributed by atoms with Crippen LogP contribution in [0.3, 0.4) is 0 Å². The van der Waals surface area contributed by atoms with Crippen molar-refractivity contribution in [2.45, 2.75) is 18.8 Å². The van der Waals surface area contributed by atoms with Crippen molar-refractivity contribution in [3.8, 4) is 11.5 Å². The molecule has 0 N–H and O–H groups in total. The summed E-state index contributed by atoms with van der Waals surface area (Å²) in [7, 11) is 1.35. The summed E-state index contributed by atoms with van der Waals surface area (Å²) in [4.78, 5) is 23.8. The Labute approximate surface area is 185 Å². The van der Waals surface area contributed by atoms with Crippen LogP contribution >= 0.6 is 11.8 Å². The van der Waals surface area contributed by atoms with Crippen molar-refractivity contribution < 1.29 is 27.5 Å². The molecule has 0 aliphatic carbocycles. The number of ether oxygens (including phenoxy) is 2. The van der Waals surface area contributed by atoms with E-state index < -0.39 is 11.4 Å². The number of nitrogens with zero attached hydrogens (tertiary/aromatic N) is 2. The number of halogens is 1. The molecule has 32 heavy (non-hydrogen) atoms. The number of hydrogen-bond donors (Lipinski definition) is 0. The lowest BCUT2D eigenvalue weighted by Gasteiger charge is -2.05. The Morgan fingerprint density at radius 1 is 1.12 bits per heavy atom. The molecule has 2 heterocycles. The van der Waals surface area contributed by atoms with Crippen LogP contribution in [0.5, 0.6) is 11.5 Å². The van der Waals surface area contributed by atoms with Crippen molar-refractivity contribution in [3.05, 3.63) is 75.7 Å². The number of rotatable bonds is 8. The molecule has 2 aromatic heterocycles. The van der Waals surface area contributed by atoms with Gasteiger partial charge in [0, 0.05) is 23.1 Å². The lowest BCUT2D eigenvalue weighted by molar-refractivity contribution is 0.102. The summed E-state index contributed by atoms with van der Waals surface area (Å²) in [5.41, 5.74) is 1.02. The highest BCUT2D eigenvalue weighted by atomic mass is 32.2. The fraction of sp³-hybridized carbons (Fsp3) is 0.182. The minimum absolute atomic E-state index is 0.00266. The Bertz CT molecular complexity index is 1350. The van der Waals surface area contributed by atoms with Crippen molar-refractivity contribution in [2.75, 3.05) is 12.9 Å². The first-order valence-electron chi connectivity index (χ1n) is 9.42. The summed E-state index contributed by atoms with van der Waals surface area (Å²) in [5.74, 6) is -0.155. The maximum absolute atomic E-state index is 13.8. The highest BCUT2D eigenvalue weighted by molar-refractivity contribution is 7.99. The third kappa shape index (κ3) is 4.80. The SMILES string of the molecule is COc1ccc(C(=O)CSc2nnc(COc3ccc4c(C)cc(=O)oc4c3)o2)cc1F. The van der Waals surface area contributed by atoms with Gasteiger partial charge in [0.25, 0.3) is 11.1 Å². The molecular weight excluding hydrogens is 439 g/mol. The number of thioether (sulfide) groups is 1. The molecule has 0 amide bonds. The zero-order valence-corrected chi connectivity index (χ0v) is 17.9. The van der Waals surface area contributed by atoms with Crippen LogP contribution in [-0.2, 0) is 6.61 Å². The number of methoxy groups -OCH3 is 1. The van der Waals surface area contributed by atoms with Gasteiger partial charge in [-0.3, -0.25) is 4.79 Å². The van der Waals surface area contributed by atoms with Gasteiger partial charge in [0.1, 0.15) is 11.3 Å². The second-order valence-corrected chi connectivity index (χ2v) is 7.64. The number of fused-ring (bicyclic) bond motifs is 1. The summed E-state index contributed by atoms with van der Waals surface area (Å²) in [5, 5.41) is 8.76. The van der Waals surface area contributed by atoms with Crippen LogP contribution in [0.2, 0.25) is 0 Å². The molecular formula is C22H17FN2O6S. The van der Waals surface area contributed by atoms with E-state index in [0.717, 1.165) is 28.8 Å². The number of benzene rings is 2. The number of hydrogen-bond acceptors (Lipinski definition) is 9. The Balaban J connectivity index is 1.35. The van der Waals surface area contributed by atoms with Crippen LogP contribution in [0.15, 0.2) is 61.3 Å². The van der Waals surface area contributed by atoms with Crippen molar-refractivity contribution in [1.29, 1.82) is 0 Å². The number of carbonyl (C=O) groups excluding carboxylic acids is 1. The molecule has 0 bridgehead atoms. The third-order valence-corrected chi connectivity index (χ3v) is 5.35. The average Bonchev–Trinajstić information content (AvgIpc) is 3.23. The van der Waals surface area contributed by atoms with Gasteiger partial charge in [-0.2, -0.15) is 0 Å². The minimum atomic E-state index is -0.608. The second kappa shape index (κ2) is 9.23. The van der Waals surface area contributed by atoms with E-state index in [1.165, 1.54) is 25.3 Å². The van der Waals surface area contributed by atoms with Crippen LogP contribution in [0, 0.1) is 12.7 Å². The smallest absolute Gasteiger partial charge is 0.336 e. The van der Waals surface area contributed by atoms with Gasteiger partial charge < -0.3 is 18.3 Å². The zero-order chi connectivity index (χ0) is 22.7. The first kappa shape index (κ1) is 21.6. The van der Waals surface area contributed by atoms with Crippen molar-refractivity contribution >= 4 is 28.5 Å². The van der Waals surface area contributed by atoms with Crippen LogP contribution in [0.25, 0.3) is 11.0 Å². The van der Waals surface area contributed by atoms with Crippen molar-refractivity contribution in [1.82, 2.24) is 10.2 Å². The molecule has 0 spiro atoms. The van der Waals surface area contributed by atoms with Crippen LogP contribution in [0.4, 0.5) is 4.39 Å². The van der Waals surface area contributed by atoms with E-state index >= 15 is 0 Å². The number of aryl methyl sites for hydroxylation is 1. The normalized spacial score (nSPS) is 11.0. The predicted molar refractivity (Wildman–Crippen MR) is 114 cm³/mol. The Morgan fingerprint density at radius 2 is 1.97 bits per heavy atom. The summed E-state index contributed by atoms with van der Waals surface area (Å²) >= 11 is 1.04. The highest BCUT2D eigenvalue weighted by Crippen LogP contribution is 2.24. The van der Waals surface area contributed by atoms with Crippen LogP contribution in [0.1, 0.15) is 21.8 Å². The van der Waals surface area contributed by atoms with E-state index in [2.05, 4.69) is 10.2 Å². The Morgan fingerprint density at radius 3 is 2.75 bits per heavy atom. The maximum atomic E-state index is 13.8. The van der Waals surface area contributed by atoms with Gasteiger partial charge in [0.05, 0.1) is 12.9 Å². The van der Waals surface area contributed by atoms with E-state index in [0.29, 0.717) is 11.3 Å². The summed E-state index contributed by atoms with van der Waals surface area (Å²) in [6.45, 7) is 1.82. The molecule has 2 aromatic carbocycles. The topological polar surface area (TPSA) is 105 Å². The highest BCUT2D eigenvalue weighted by Gasteiger charge is 2.14. The molecule has 0 fully saturated rings. The van der Waals surface area contributed by atoms with Gasteiger partial charge in [-0.1, -0.05) is 11.8 Å². The Hall–Kier alpha value is -3.66. The molecule has 4 aromatic rings. The Kier molecular flexibility index (Phi) is 6.22. The number of ketones is 1. The largest absolute Gasteiger partial charge is 0.494 e. The van der Waals surface area contributed by atoms with Crippen molar-refractivity contribution in [3.63, 3.8) is 0 Å². The minimum Gasteiger partial charge on any atom is -0.494 e. The molecule has 0 aliphatic heterocycles. The molecule has 0 radical (unpaired) electrons. The van der Waals surface area contributed by atoms with E-state index in [1.54, 1.807) is 18.2 Å². The van der Waals surface area contributed by atoms with Gasteiger partial charge in [-0.15, -0.1) is 10.2 Å². The van der Waals surface area contributed by atoms with Gasteiger partial charge in [-0.05, 0) is 42.8 Å². The lowest BCUT2D eigenvalue weighted by atomic mass is 10.1. The molecule has 164 valence electrons. The number of carbonyl (C=O) groups is 1. The van der Waals surface area contributed by atoms with Gasteiger partial charge in [-0.25, -0.2) is 9.18 Å².